The second-order valence-corrected chi connectivity index (χ2v) is 19.1. The molecule has 0 saturated carbocycles. The molecular formula is C49H55F10N9O8. The van der Waals surface area contributed by atoms with Crippen molar-refractivity contribution in [2.75, 3.05) is 31.6 Å². The van der Waals surface area contributed by atoms with Crippen molar-refractivity contribution >= 4 is 29.8 Å². The molecule has 1 saturated heterocycles. The van der Waals surface area contributed by atoms with Crippen molar-refractivity contribution in [1.29, 1.82) is 0 Å². The van der Waals surface area contributed by atoms with Crippen molar-refractivity contribution < 1.29 is 82.8 Å². The number of carbonyl (C=O) groups is 4. The van der Waals surface area contributed by atoms with Crippen LogP contribution < -0.4 is 26.3 Å². The number of amides is 4. The van der Waals surface area contributed by atoms with Gasteiger partial charge in [0.2, 0.25) is 5.91 Å². The van der Waals surface area contributed by atoms with Crippen LogP contribution in [0.1, 0.15) is 70.3 Å². The van der Waals surface area contributed by atoms with Gasteiger partial charge in [0.15, 0.2) is 0 Å². The summed E-state index contributed by atoms with van der Waals surface area (Å²) in [6.07, 6.45) is -13.5. The number of ether oxygens (including phenoxy) is 2. The van der Waals surface area contributed by atoms with Crippen LogP contribution in [0.2, 0.25) is 0 Å². The summed E-state index contributed by atoms with van der Waals surface area (Å²) < 4.78 is 155. The first-order valence-corrected chi connectivity index (χ1v) is 23.1. The minimum Gasteiger partial charge on any atom is -0.465 e. The van der Waals surface area contributed by atoms with Gasteiger partial charge in [-0.3, -0.25) is 15.0 Å². The molecule has 3 heterocycles. The molecular weight excluding hydrogens is 1030 g/mol. The maximum absolute atomic E-state index is 15.9. The zero-order valence-electron chi connectivity index (χ0n) is 41.8. The van der Waals surface area contributed by atoms with Crippen LogP contribution in [0.15, 0.2) is 67.1 Å². The van der Waals surface area contributed by atoms with E-state index in [1.165, 1.54) is 29.6 Å². The van der Waals surface area contributed by atoms with Crippen molar-refractivity contribution in [3.05, 3.63) is 101 Å². The average Bonchev–Trinajstić information content (AvgIpc) is 3.83. The van der Waals surface area contributed by atoms with Gasteiger partial charge >= 0.3 is 31.1 Å². The van der Waals surface area contributed by atoms with Crippen LogP contribution in [0, 0.1) is 34.3 Å². The molecule has 0 unspecified atom stereocenters. The van der Waals surface area contributed by atoms with E-state index in [4.69, 9.17) is 4.74 Å². The first-order chi connectivity index (χ1) is 35.3. The Kier molecular flexibility index (Phi) is 19.0. The van der Waals surface area contributed by atoms with E-state index in [0.717, 1.165) is 25.3 Å². The number of rotatable bonds is 18. The molecule has 2 aromatic carbocycles. The first-order valence-electron chi connectivity index (χ1n) is 23.1. The summed E-state index contributed by atoms with van der Waals surface area (Å²) >= 11 is 0. The monoisotopic (exact) mass is 1090 g/mol. The number of hydrogen-bond acceptors (Lipinski definition) is 11. The third-order valence-electron chi connectivity index (χ3n) is 12.5. The molecule has 5 rings (SSSR count). The van der Waals surface area contributed by atoms with Gasteiger partial charge in [0, 0.05) is 60.8 Å². The van der Waals surface area contributed by atoms with Gasteiger partial charge < -0.3 is 40.5 Å². The van der Waals surface area contributed by atoms with Crippen LogP contribution in [0.4, 0.5) is 59.3 Å². The van der Waals surface area contributed by atoms with Gasteiger partial charge in [-0.05, 0) is 95.5 Å². The number of methoxy groups -OCH3 is 1. The number of aromatic nitrogens is 3. The molecule has 6 atom stereocenters. The number of aliphatic hydroxyl groups excluding tert-OH is 1. The summed E-state index contributed by atoms with van der Waals surface area (Å²) in [6, 6.07) is 3.88. The third-order valence-corrected chi connectivity index (χ3v) is 12.5. The fourth-order valence-corrected chi connectivity index (χ4v) is 7.89. The third kappa shape index (κ3) is 15.0. The number of pyridine rings is 1. The molecule has 2 aromatic heterocycles. The van der Waals surface area contributed by atoms with E-state index in [9.17, 15) is 64.5 Å². The molecule has 0 aliphatic carbocycles. The highest BCUT2D eigenvalue weighted by Crippen LogP contribution is 2.42. The van der Waals surface area contributed by atoms with E-state index in [2.05, 4.69) is 36.9 Å². The quantitative estimate of drug-likeness (QED) is 0.0335. The lowest BCUT2D eigenvalue weighted by Gasteiger charge is -2.38. The summed E-state index contributed by atoms with van der Waals surface area (Å²) in [5, 5.41) is 30.8. The van der Waals surface area contributed by atoms with E-state index in [1.807, 2.05) is 24.6 Å². The Morgan fingerprint density at radius 1 is 0.816 bits per heavy atom. The van der Waals surface area contributed by atoms with Crippen LogP contribution in [0.5, 0.6) is 0 Å². The Bertz CT molecular complexity index is 2710. The minimum absolute atomic E-state index is 0.00505. The average molecular weight is 1090 g/mol. The molecule has 1 aliphatic heterocycles. The van der Waals surface area contributed by atoms with E-state index < -0.39 is 115 Å². The molecule has 1 fully saturated rings. The molecule has 17 nitrogen and oxygen atoms in total. The maximum Gasteiger partial charge on any atom is 0.407 e. The van der Waals surface area contributed by atoms with Crippen LogP contribution in [0.3, 0.4) is 0 Å². The molecule has 1 aliphatic rings. The number of hydrazine groups is 1. The van der Waals surface area contributed by atoms with Crippen molar-refractivity contribution in [2.45, 2.75) is 110 Å². The standard InChI is InChI=1S/C49H55F10N9O8/c1-26-21-66(22-27(2)76-26)38-15-14-30(19-60-38)13-10-28-8-11-29(12-9-28)16-36(62-41(70)39(64-45(74)75-7)46(3,4)48(54,55)56)37(69)25-67(65-42(71)40(63-44(72)73)47(5,6)49(57,58)59)24-33-34(50)17-31(18-35(33)51)32-20-61-68(23-32)43(52)53/h8-9,11-12,14-15,17-20,23,26-27,36-37,39-40,43,63,69H,16,21-22,24-25H2,1-7H3,(H,62,70)(H,64,74)(H,65,71)(H,72,73)/t26-,27+,36-,37-,39+,40+/m0/s1. The van der Waals surface area contributed by atoms with Crippen molar-refractivity contribution in [3.8, 4) is 23.0 Å². The summed E-state index contributed by atoms with van der Waals surface area (Å²) in [6.45, 7) is 1.80. The highest BCUT2D eigenvalue weighted by atomic mass is 19.4. The van der Waals surface area contributed by atoms with Gasteiger partial charge in [-0.2, -0.15) is 40.2 Å². The molecule has 414 valence electrons. The number of nitrogens with one attached hydrogen (secondary N) is 4. The number of alkyl halides is 8. The first kappa shape index (κ1) is 59.7. The highest BCUT2D eigenvalue weighted by molar-refractivity contribution is 5.87. The molecule has 27 heteroatoms. The van der Waals surface area contributed by atoms with E-state index in [-0.39, 0.29) is 33.6 Å². The topological polar surface area (TPSA) is 213 Å². The second kappa shape index (κ2) is 24.2. The summed E-state index contributed by atoms with van der Waals surface area (Å²) in [4.78, 5) is 58.5. The van der Waals surface area contributed by atoms with Gasteiger partial charge in [0.1, 0.15) is 29.5 Å². The number of alkyl carbamates (subject to hydrolysis) is 1. The molecule has 6 N–H and O–H groups in total. The Morgan fingerprint density at radius 3 is 1.87 bits per heavy atom. The van der Waals surface area contributed by atoms with E-state index in [0.29, 0.717) is 69.1 Å². The second-order valence-electron chi connectivity index (χ2n) is 19.1. The SMILES string of the molecule is COC(=O)N[C@H](C(=O)N[C@@H](Cc1ccc(C#Cc2ccc(N3C[C@@H](C)O[C@@H](C)C3)nc2)cc1)[C@@H](O)CN(Cc1c(F)cc(-c2cnn(C(F)F)c2)cc1F)NC(=O)[C@@H](NC(=O)O)C(C)(C)C(F)(F)F)C(C)(C)C(F)(F)F. The van der Waals surface area contributed by atoms with Gasteiger partial charge in [-0.25, -0.2) is 33.0 Å². The van der Waals surface area contributed by atoms with E-state index in [1.54, 1.807) is 18.3 Å². The lowest BCUT2D eigenvalue weighted by atomic mass is 9.82. The maximum atomic E-state index is 15.9. The molecule has 76 heavy (non-hydrogen) atoms. The van der Waals surface area contributed by atoms with Gasteiger partial charge in [-0.15, -0.1) is 0 Å². The van der Waals surface area contributed by atoms with Crippen LogP contribution in [-0.4, -0.2) is 130 Å². The Morgan fingerprint density at radius 2 is 1.37 bits per heavy atom. The normalized spacial score (nSPS) is 17.0. The Hall–Kier alpha value is -7.18. The largest absolute Gasteiger partial charge is 0.465 e. The smallest absolute Gasteiger partial charge is 0.407 e. The molecule has 0 spiro atoms. The van der Waals surface area contributed by atoms with Crippen LogP contribution in [0.25, 0.3) is 11.1 Å². The van der Waals surface area contributed by atoms with Gasteiger partial charge in [-0.1, -0.05) is 24.0 Å². The predicted octanol–water partition coefficient (Wildman–Crippen LogP) is 7.09. The number of anilines is 1. The zero-order valence-corrected chi connectivity index (χ0v) is 41.8. The summed E-state index contributed by atoms with van der Waals surface area (Å²) in [5.41, 5.74) is -4.55. The van der Waals surface area contributed by atoms with Crippen LogP contribution in [-0.2, 0) is 32.0 Å². The number of carbonyl (C=O) groups excluding carboxylic acids is 3. The number of nitrogens with zero attached hydrogens (tertiary/aromatic N) is 5. The van der Waals surface area contributed by atoms with E-state index >= 15 is 8.78 Å². The van der Waals surface area contributed by atoms with Gasteiger partial charge in [0.05, 0.1) is 48.5 Å². The van der Waals surface area contributed by atoms with Crippen molar-refractivity contribution in [1.82, 2.24) is 41.1 Å². The molecule has 0 bridgehead atoms. The van der Waals surface area contributed by atoms with Crippen molar-refractivity contribution in [3.63, 3.8) is 0 Å². The highest BCUT2D eigenvalue weighted by Gasteiger charge is 2.57. The number of halogens is 10. The fourth-order valence-electron chi connectivity index (χ4n) is 7.89. The molecule has 4 amide bonds. The minimum atomic E-state index is -5.28. The molecule has 4 aromatic rings. The number of carboxylic acid groups (broad SMARTS) is 1. The van der Waals surface area contributed by atoms with Crippen molar-refractivity contribution in [2.24, 2.45) is 10.8 Å². The summed E-state index contributed by atoms with van der Waals surface area (Å²) in [5.74, 6) is 0.438. The molecule has 0 radical (unpaired) electrons. The predicted molar refractivity (Wildman–Crippen MR) is 252 cm³/mol. The lowest BCUT2D eigenvalue weighted by molar-refractivity contribution is -0.221. The fraction of sp³-hybridized carbons (Fsp3) is 0.469. The lowest BCUT2D eigenvalue weighted by Crippen LogP contribution is -2.63. The number of morpholine rings is 1. The Labute approximate surface area is 429 Å². The van der Waals surface area contributed by atoms with Gasteiger partial charge in [0.25, 0.3) is 5.91 Å². The zero-order chi connectivity index (χ0) is 56.7. The number of aliphatic hydroxyl groups is 1. The number of benzene rings is 2. The Balaban J connectivity index is 1.53. The summed E-state index contributed by atoms with van der Waals surface area (Å²) in [7, 11) is 0.806. The van der Waals surface area contributed by atoms with Crippen LogP contribution >= 0.6 is 0 Å². The number of hydrogen-bond donors (Lipinski definition) is 6.